The number of rotatable bonds is 15. The van der Waals surface area contributed by atoms with E-state index in [0.717, 1.165) is 5.92 Å². The molecular weight excluding hydrogens is 280 g/mol. The number of aromatic amines is 1. The standard InChI is InChI=1S/C21H40N2/c1-4-5-6-7-8-9-10-11-12-13-14-15-21(18-20(2)3)23-17-16-22-19-23/h16-17,19-21H,4-15,18H2,1-3H3/p+1. The Labute approximate surface area is 145 Å². The summed E-state index contributed by atoms with van der Waals surface area (Å²) in [6.45, 7) is 6.96. The lowest BCUT2D eigenvalue weighted by atomic mass is 9.97. The van der Waals surface area contributed by atoms with E-state index >= 15 is 0 Å². The van der Waals surface area contributed by atoms with E-state index in [0.29, 0.717) is 6.04 Å². The molecule has 1 aromatic rings. The van der Waals surface area contributed by atoms with Crippen LogP contribution in [0.5, 0.6) is 0 Å². The van der Waals surface area contributed by atoms with Crippen LogP contribution < -0.4 is 4.57 Å². The van der Waals surface area contributed by atoms with Gasteiger partial charge in [-0.25, -0.2) is 4.57 Å². The van der Waals surface area contributed by atoms with Crippen LogP contribution in [0.1, 0.15) is 110 Å². The Hall–Kier alpha value is -0.790. The second kappa shape index (κ2) is 13.6. The van der Waals surface area contributed by atoms with Crippen molar-refractivity contribution in [2.75, 3.05) is 0 Å². The van der Waals surface area contributed by atoms with E-state index in [1.807, 2.05) is 6.20 Å². The summed E-state index contributed by atoms with van der Waals surface area (Å²) in [7, 11) is 0. The number of unbranched alkanes of at least 4 members (excludes halogenated alkanes) is 10. The zero-order chi connectivity index (χ0) is 16.8. The molecule has 0 spiro atoms. The summed E-state index contributed by atoms with van der Waals surface area (Å²) in [6, 6.07) is 0.680. The number of H-pyrrole nitrogens is 1. The van der Waals surface area contributed by atoms with Crippen LogP contribution in [0.4, 0.5) is 0 Å². The molecule has 0 aromatic carbocycles. The fourth-order valence-corrected chi connectivity index (χ4v) is 3.51. The molecule has 23 heavy (non-hydrogen) atoms. The van der Waals surface area contributed by atoms with E-state index in [1.165, 1.54) is 83.5 Å². The molecular formula is C21H41N2+. The van der Waals surface area contributed by atoms with E-state index in [-0.39, 0.29) is 0 Å². The largest absolute Gasteiger partial charge is 0.250 e. The van der Waals surface area contributed by atoms with Crippen LogP contribution in [-0.2, 0) is 0 Å². The van der Waals surface area contributed by atoms with Gasteiger partial charge in [-0.15, -0.1) is 0 Å². The number of aromatic nitrogens is 2. The van der Waals surface area contributed by atoms with Crippen molar-refractivity contribution in [1.29, 1.82) is 0 Å². The quantitative estimate of drug-likeness (QED) is 0.278. The van der Waals surface area contributed by atoms with Crippen molar-refractivity contribution in [3.63, 3.8) is 0 Å². The van der Waals surface area contributed by atoms with Gasteiger partial charge in [-0.05, 0) is 25.2 Å². The van der Waals surface area contributed by atoms with Crippen molar-refractivity contribution < 1.29 is 4.57 Å². The van der Waals surface area contributed by atoms with Gasteiger partial charge in [-0.3, -0.25) is 4.98 Å². The first-order valence-corrected chi connectivity index (χ1v) is 10.3. The van der Waals surface area contributed by atoms with Crippen LogP contribution in [0.3, 0.4) is 0 Å². The molecule has 1 atom stereocenters. The van der Waals surface area contributed by atoms with E-state index < -0.39 is 0 Å². The molecule has 0 aliphatic heterocycles. The van der Waals surface area contributed by atoms with Crippen molar-refractivity contribution in [3.05, 3.63) is 18.7 Å². The lowest BCUT2D eigenvalue weighted by Crippen LogP contribution is -2.37. The van der Waals surface area contributed by atoms with Gasteiger partial charge in [0.25, 0.3) is 0 Å². The van der Waals surface area contributed by atoms with Gasteiger partial charge >= 0.3 is 0 Å². The second-order valence-electron chi connectivity index (χ2n) is 7.67. The van der Waals surface area contributed by atoms with Gasteiger partial charge in [0, 0.05) is 0 Å². The van der Waals surface area contributed by atoms with E-state index in [1.54, 1.807) is 0 Å². The molecule has 0 radical (unpaired) electrons. The van der Waals surface area contributed by atoms with Crippen LogP contribution in [0.25, 0.3) is 0 Å². The van der Waals surface area contributed by atoms with Gasteiger partial charge in [0.05, 0.1) is 0 Å². The normalized spacial score (nSPS) is 12.9. The fraction of sp³-hybridized carbons (Fsp3) is 0.857. The third-order valence-electron chi connectivity index (χ3n) is 4.87. The predicted octanol–water partition coefficient (Wildman–Crippen LogP) is 6.59. The van der Waals surface area contributed by atoms with Crippen LogP contribution in [0.2, 0.25) is 0 Å². The Balaban J connectivity index is 2.00. The Morgan fingerprint density at radius 1 is 0.826 bits per heavy atom. The lowest BCUT2D eigenvalue weighted by Gasteiger charge is -2.16. The first-order valence-electron chi connectivity index (χ1n) is 10.3. The molecule has 0 amide bonds. The van der Waals surface area contributed by atoms with Crippen molar-refractivity contribution in [2.45, 2.75) is 110 Å². The highest BCUT2D eigenvalue weighted by Crippen LogP contribution is 2.19. The molecule has 0 aliphatic rings. The highest BCUT2D eigenvalue weighted by Gasteiger charge is 2.16. The SMILES string of the molecule is CCCCCCCCCCCCCC(CC(C)C)[n+]1cc[nH]c1. The van der Waals surface area contributed by atoms with E-state index in [9.17, 15) is 0 Å². The number of hydrogen-bond donors (Lipinski definition) is 1. The van der Waals surface area contributed by atoms with Crippen molar-refractivity contribution in [2.24, 2.45) is 5.92 Å². The van der Waals surface area contributed by atoms with Crippen molar-refractivity contribution in [1.82, 2.24) is 4.98 Å². The summed E-state index contributed by atoms with van der Waals surface area (Å²) in [5.74, 6) is 0.773. The van der Waals surface area contributed by atoms with Gasteiger partial charge in [-0.1, -0.05) is 85.0 Å². The maximum atomic E-state index is 3.19. The maximum absolute atomic E-state index is 3.19. The molecule has 2 heteroatoms. The molecule has 2 nitrogen and oxygen atoms in total. The highest BCUT2D eigenvalue weighted by molar-refractivity contribution is 4.62. The number of nitrogens with zero attached hydrogens (tertiary/aromatic N) is 1. The third-order valence-corrected chi connectivity index (χ3v) is 4.87. The summed E-state index contributed by atoms with van der Waals surface area (Å²) in [5, 5.41) is 0. The first-order chi connectivity index (χ1) is 11.2. The van der Waals surface area contributed by atoms with Gasteiger partial charge in [0.15, 0.2) is 0 Å². The molecule has 0 saturated heterocycles. The highest BCUT2D eigenvalue weighted by atomic mass is 15.0. The zero-order valence-corrected chi connectivity index (χ0v) is 16.0. The average Bonchev–Trinajstić information content (AvgIpc) is 3.05. The van der Waals surface area contributed by atoms with Crippen LogP contribution in [0, 0.1) is 5.92 Å². The zero-order valence-electron chi connectivity index (χ0n) is 16.0. The number of nitrogens with one attached hydrogen (secondary N) is 1. The summed E-state index contributed by atoms with van der Waals surface area (Å²) in [4.78, 5) is 3.19. The average molecular weight is 322 g/mol. The minimum atomic E-state index is 0.680. The molecule has 134 valence electrons. The van der Waals surface area contributed by atoms with Crippen molar-refractivity contribution in [3.8, 4) is 0 Å². The van der Waals surface area contributed by atoms with Gasteiger partial charge in [0.2, 0.25) is 6.33 Å². The Kier molecular flexibility index (Phi) is 12.0. The minimum Gasteiger partial charge on any atom is -0.250 e. The Bertz CT molecular complexity index is 343. The summed E-state index contributed by atoms with van der Waals surface area (Å²) in [6.07, 6.45) is 24.7. The van der Waals surface area contributed by atoms with Crippen LogP contribution in [-0.4, -0.2) is 4.98 Å². The Morgan fingerprint density at radius 2 is 1.39 bits per heavy atom. The van der Waals surface area contributed by atoms with Crippen LogP contribution >= 0.6 is 0 Å². The Morgan fingerprint density at radius 3 is 1.87 bits per heavy atom. The van der Waals surface area contributed by atoms with Gasteiger partial charge in [-0.2, -0.15) is 0 Å². The lowest BCUT2D eigenvalue weighted by molar-refractivity contribution is -0.724. The molecule has 1 unspecified atom stereocenters. The topological polar surface area (TPSA) is 19.7 Å². The van der Waals surface area contributed by atoms with E-state index in [2.05, 4.69) is 42.8 Å². The molecule has 0 saturated carbocycles. The molecule has 1 N–H and O–H groups in total. The maximum Gasteiger partial charge on any atom is 0.241 e. The fourth-order valence-electron chi connectivity index (χ4n) is 3.51. The molecule has 0 fully saturated rings. The van der Waals surface area contributed by atoms with Crippen LogP contribution in [0.15, 0.2) is 18.7 Å². The molecule has 1 heterocycles. The predicted molar refractivity (Wildman–Crippen MR) is 101 cm³/mol. The molecule has 0 aliphatic carbocycles. The molecule has 0 bridgehead atoms. The first kappa shape index (κ1) is 20.3. The minimum absolute atomic E-state index is 0.680. The third kappa shape index (κ3) is 10.6. The molecule has 1 rings (SSSR count). The number of hydrogen-bond acceptors (Lipinski definition) is 0. The van der Waals surface area contributed by atoms with E-state index in [4.69, 9.17) is 0 Å². The van der Waals surface area contributed by atoms with Gasteiger partial charge < -0.3 is 0 Å². The molecule has 1 aromatic heterocycles. The van der Waals surface area contributed by atoms with Crippen molar-refractivity contribution >= 4 is 0 Å². The number of imidazole rings is 1. The summed E-state index contributed by atoms with van der Waals surface area (Å²) in [5.41, 5.74) is 0. The van der Waals surface area contributed by atoms with Gasteiger partial charge in [0.1, 0.15) is 18.4 Å². The summed E-state index contributed by atoms with van der Waals surface area (Å²) < 4.78 is 2.37. The second-order valence-corrected chi connectivity index (χ2v) is 7.67. The summed E-state index contributed by atoms with van der Waals surface area (Å²) >= 11 is 0. The monoisotopic (exact) mass is 321 g/mol. The smallest absolute Gasteiger partial charge is 0.241 e.